The molecule has 2 spiro atoms. The fraction of sp³-hybridized carbons (Fsp3) is 0.704. The smallest absolute Gasteiger partial charge is 0.272 e. The van der Waals surface area contributed by atoms with E-state index in [4.69, 9.17) is 23.7 Å². The summed E-state index contributed by atoms with van der Waals surface area (Å²) in [7, 11) is 3.99. The Hall–Kier alpha value is -2.04. The van der Waals surface area contributed by atoms with E-state index in [1.807, 2.05) is 43.3 Å². The highest BCUT2D eigenvalue weighted by molar-refractivity contribution is 5.85. The summed E-state index contributed by atoms with van der Waals surface area (Å²) in [5, 5.41) is 4.19. The molecule has 2 aliphatic carbocycles. The van der Waals surface area contributed by atoms with Gasteiger partial charge >= 0.3 is 0 Å². The molecule has 9 nitrogen and oxygen atoms in total. The average molecular weight is 500 g/mol. The van der Waals surface area contributed by atoms with Crippen LogP contribution in [0.15, 0.2) is 29.4 Å². The van der Waals surface area contributed by atoms with Crippen LogP contribution in [0.5, 0.6) is 0 Å². The maximum absolute atomic E-state index is 13.3. The predicted molar refractivity (Wildman–Crippen MR) is 133 cm³/mol. The van der Waals surface area contributed by atoms with Crippen molar-refractivity contribution in [2.75, 3.05) is 19.0 Å². The summed E-state index contributed by atoms with van der Waals surface area (Å²) in [5.41, 5.74) is 4.64. The topological polar surface area (TPSA) is 90.9 Å². The van der Waals surface area contributed by atoms with Crippen molar-refractivity contribution >= 4 is 17.8 Å². The lowest BCUT2D eigenvalue weighted by Gasteiger charge is -2.36. The molecular weight excluding hydrogens is 462 g/mol. The third-order valence-electron chi connectivity index (χ3n) is 8.17. The molecule has 2 saturated carbocycles. The number of anilines is 1. The van der Waals surface area contributed by atoms with Crippen molar-refractivity contribution in [3.8, 4) is 0 Å². The van der Waals surface area contributed by atoms with E-state index >= 15 is 0 Å². The van der Waals surface area contributed by atoms with Gasteiger partial charge in [0, 0.05) is 45.5 Å². The summed E-state index contributed by atoms with van der Waals surface area (Å²) >= 11 is 0. The molecule has 1 aromatic rings. The average Bonchev–Trinajstić information content (AvgIpc) is 3.42. The largest absolute Gasteiger partial charge is 0.378 e. The predicted octanol–water partition coefficient (Wildman–Crippen LogP) is 3.45. The van der Waals surface area contributed by atoms with Gasteiger partial charge < -0.3 is 28.6 Å². The number of hydrogen-bond donors (Lipinski definition) is 1. The van der Waals surface area contributed by atoms with Crippen LogP contribution in [0, 0.1) is 0 Å². The zero-order valence-electron chi connectivity index (χ0n) is 21.2. The molecule has 1 amide bonds. The number of fused-ring (bicyclic) bond motifs is 3. The summed E-state index contributed by atoms with van der Waals surface area (Å²) in [6.45, 7) is 0. The first-order valence-corrected chi connectivity index (χ1v) is 13.4. The molecule has 3 heterocycles. The van der Waals surface area contributed by atoms with Crippen molar-refractivity contribution in [2.24, 2.45) is 5.10 Å². The fourth-order valence-electron chi connectivity index (χ4n) is 6.26. The van der Waals surface area contributed by atoms with Crippen LogP contribution in [0.2, 0.25) is 0 Å². The summed E-state index contributed by atoms with van der Waals surface area (Å²) in [4.78, 5) is 15.3. The Labute approximate surface area is 212 Å². The Morgan fingerprint density at radius 2 is 1.44 bits per heavy atom. The molecule has 1 aromatic carbocycles. The monoisotopic (exact) mass is 499 g/mol. The van der Waals surface area contributed by atoms with Crippen molar-refractivity contribution in [3.63, 3.8) is 0 Å². The Morgan fingerprint density at radius 1 is 0.861 bits per heavy atom. The van der Waals surface area contributed by atoms with Crippen LogP contribution in [0.3, 0.4) is 0 Å². The lowest BCUT2D eigenvalue weighted by atomic mass is 9.94. The van der Waals surface area contributed by atoms with Crippen molar-refractivity contribution in [1.82, 2.24) is 5.43 Å². The van der Waals surface area contributed by atoms with Gasteiger partial charge in [0.15, 0.2) is 24.0 Å². The van der Waals surface area contributed by atoms with Gasteiger partial charge in [-0.05, 0) is 43.4 Å². The number of hydrazone groups is 1. The van der Waals surface area contributed by atoms with E-state index in [0.717, 1.165) is 62.6 Å². The third kappa shape index (κ3) is 4.56. The summed E-state index contributed by atoms with van der Waals surface area (Å²) in [6, 6.07) is 7.92. The first kappa shape index (κ1) is 24.3. The van der Waals surface area contributed by atoms with E-state index in [1.54, 1.807) is 6.21 Å². The summed E-state index contributed by atoms with van der Waals surface area (Å²) in [6.07, 6.45) is 8.54. The van der Waals surface area contributed by atoms with E-state index in [1.165, 1.54) is 12.8 Å². The SMILES string of the molecule is CN(C)c1ccc(/C=N\NC(=O)C2OC3OC4(CCCCC4)OC3C3OC4(CCCCC4)OC23)cc1. The minimum absolute atomic E-state index is 0.366. The maximum Gasteiger partial charge on any atom is 0.272 e. The van der Waals surface area contributed by atoms with Gasteiger partial charge in [-0.3, -0.25) is 4.79 Å². The molecule has 5 fully saturated rings. The zero-order chi connectivity index (χ0) is 24.8. The Balaban J connectivity index is 1.19. The Morgan fingerprint density at radius 3 is 2.08 bits per heavy atom. The van der Waals surface area contributed by atoms with Crippen LogP contribution in [0.1, 0.15) is 69.8 Å². The summed E-state index contributed by atoms with van der Waals surface area (Å²) < 4.78 is 32.2. The van der Waals surface area contributed by atoms with Gasteiger partial charge in [0.1, 0.15) is 18.3 Å². The van der Waals surface area contributed by atoms with Crippen LogP contribution in [0.25, 0.3) is 0 Å². The van der Waals surface area contributed by atoms with E-state index in [-0.39, 0.29) is 5.91 Å². The molecule has 5 unspecified atom stereocenters. The first-order chi connectivity index (χ1) is 17.5. The van der Waals surface area contributed by atoms with Gasteiger partial charge in [0.25, 0.3) is 5.91 Å². The number of hydrogen-bond acceptors (Lipinski definition) is 8. The van der Waals surface area contributed by atoms with Crippen LogP contribution in [0.4, 0.5) is 5.69 Å². The van der Waals surface area contributed by atoms with Crippen molar-refractivity contribution < 1.29 is 28.5 Å². The van der Waals surface area contributed by atoms with Crippen LogP contribution < -0.4 is 10.3 Å². The van der Waals surface area contributed by atoms with E-state index in [9.17, 15) is 4.79 Å². The molecule has 9 heteroatoms. The van der Waals surface area contributed by atoms with Gasteiger partial charge in [0.05, 0.1) is 6.21 Å². The number of ether oxygens (including phenoxy) is 5. The van der Waals surface area contributed by atoms with Crippen LogP contribution in [-0.2, 0) is 28.5 Å². The van der Waals surface area contributed by atoms with Gasteiger partial charge in [-0.15, -0.1) is 0 Å². The highest BCUT2D eigenvalue weighted by atomic mass is 16.9. The second kappa shape index (κ2) is 9.68. The standard InChI is InChI=1S/C27H37N3O6/c1-30(2)19-11-9-18(10-12-19)17-28-29-24(31)22-20-21(34-26(33-20)13-5-3-6-14-26)23-25(32-22)36-27(35-23)15-7-4-8-16-27/h9-12,17,20-23,25H,3-8,13-16H2,1-2H3,(H,29,31)/b28-17-. The molecule has 3 saturated heterocycles. The molecule has 3 aliphatic heterocycles. The van der Waals surface area contributed by atoms with Crippen LogP contribution >= 0.6 is 0 Å². The van der Waals surface area contributed by atoms with E-state index in [0.29, 0.717) is 0 Å². The van der Waals surface area contributed by atoms with E-state index < -0.39 is 42.3 Å². The molecule has 196 valence electrons. The quantitative estimate of drug-likeness (QED) is 0.501. The second-order valence-corrected chi connectivity index (χ2v) is 11.0. The minimum atomic E-state index is -0.895. The molecule has 1 N–H and O–H groups in total. The Bertz CT molecular complexity index is 970. The van der Waals surface area contributed by atoms with Gasteiger partial charge in [-0.1, -0.05) is 25.0 Å². The van der Waals surface area contributed by atoms with Gasteiger partial charge in [-0.2, -0.15) is 5.10 Å². The maximum atomic E-state index is 13.3. The zero-order valence-corrected chi connectivity index (χ0v) is 21.2. The van der Waals surface area contributed by atoms with Crippen molar-refractivity contribution in [1.29, 1.82) is 0 Å². The molecule has 0 radical (unpaired) electrons. The first-order valence-electron chi connectivity index (χ1n) is 13.4. The normalized spacial score (nSPS) is 34.6. The molecule has 0 aromatic heterocycles. The lowest BCUT2D eigenvalue weighted by Crippen LogP contribution is -2.59. The molecule has 6 rings (SSSR count). The number of nitrogens with zero attached hydrogens (tertiary/aromatic N) is 2. The Kier molecular flexibility index (Phi) is 6.54. The number of amides is 1. The molecule has 5 aliphatic rings. The minimum Gasteiger partial charge on any atom is -0.378 e. The highest BCUT2D eigenvalue weighted by Gasteiger charge is 2.65. The lowest BCUT2D eigenvalue weighted by molar-refractivity contribution is -0.247. The number of carbonyl (C=O) groups is 1. The molecular formula is C27H37N3O6. The number of nitrogens with one attached hydrogen (secondary N) is 1. The van der Waals surface area contributed by atoms with E-state index in [2.05, 4.69) is 10.5 Å². The number of benzene rings is 1. The van der Waals surface area contributed by atoms with Crippen LogP contribution in [-0.4, -0.2) is 68.5 Å². The van der Waals surface area contributed by atoms with Crippen molar-refractivity contribution in [2.45, 2.75) is 106 Å². The molecule has 5 atom stereocenters. The molecule has 0 bridgehead atoms. The summed E-state index contributed by atoms with van der Waals surface area (Å²) in [5.74, 6) is -1.69. The second-order valence-electron chi connectivity index (χ2n) is 11.0. The van der Waals surface area contributed by atoms with Gasteiger partial charge in [0.2, 0.25) is 0 Å². The fourth-order valence-corrected chi connectivity index (χ4v) is 6.26. The molecule has 36 heavy (non-hydrogen) atoms. The highest BCUT2D eigenvalue weighted by Crippen LogP contribution is 2.50. The van der Waals surface area contributed by atoms with Crippen molar-refractivity contribution in [3.05, 3.63) is 29.8 Å². The number of carbonyl (C=O) groups excluding carboxylic acids is 1. The third-order valence-corrected chi connectivity index (χ3v) is 8.17. The number of rotatable bonds is 4. The van der Waals surface area contributed by atoms with Gasteiger partial charge in [-0.25, -0.2) is 5.43 Å².